The summed E-state index contributed by atoms with van der Waals surface area (Å²) in [6.45, 7) is 0. The molecule has 3 rings (SSSR count). The molecule has 0 spiro atoms. The Morgan fingerprint density at radius 2 is 1.47 bits per heavy atom. The first-order valence-corrected chi connectivity index (χ1v) is 6.10. The van der Waals surface area contributed by atoms with Crippen molar-refractivity contribution in [1.82, 2.24) is 0 Å². The van der Waals surface area contributed by atoms with Crippen molar-refractivity contribution >= 4 is 0 Å². The molecule has 0 saturated carbocycles. The van der Waals surface area contributed by atoms with Crippen molar-refractivity contribution < 1.29 is 5.11 Å². The lowest BCUT2D eigenvalue weighted by Crippen LogP contribution is -2.08. The fourth-order valence-corrected chi connectivity index (χ4v) is 2.24. The highest BCUT2D eigenvalue weighted by atomic mass is 16.3. The van der Waals surface area contributed by atoms with Gasteiger partial charge in [-0.2, -0.15) is 0 Å². The van der Waals surface area contributed by atoms with Crippen molar-refractivity contribution in [3.05, 3.63) is 35.4 Å². The number of aliphatic hydroxyl groups excluding tert-OH is 1. The van der Waals surface area contributed by atoms with E-state index in [0.29, 0.717) is 0 Å². The Labute approximate surface area is 92.1 Å². The van der Waals surface area contributed by atoms with Crippen LogP contribution in [0.4, 0.5) is 0 Å². The van der Waals surface area contributed by atoms with Crippen LogP contribution in [-0.2, 0) is 12.8 Å². The van der Waals surface area contributed by atoms with Crippen molar-refractivity contribution in [3.63, 3.8) is 0 Å². The Morgan fingerprint density at radius 1 is 0.800 bits per heavy atom. The SMILES string of the molecule is O[C@H]1CCCCCc2ccc(cc2)CC1. The molecule has 0 aliphatic heterocycles. The van der Waals surface area contributed by atoms with Gasteiger partial charge in [-0.15, -0.1) is 0 Å². The third kappa shape index (κ3) is 3.35. The largest absolute Gasteiger partial charge is 0.393 e. The second-order valence-electron chi connectivity index (χ2n) is 4.61. The molecule has 1 heteroatoms. The van der Waals surface area contributed by atoms with E-state index in [4.69, 9.17) is 0 Å². The van der Waals surface area contributed by atoms with Gasteiger partial charge in [-0.1, -0.05) is 37.1 Å². The monoisotopic (exact) mass is 204 g/mol. The van der Waals surface area contributed by atoms with Gasteiger partial charge < -0.3 is 5.11 Å². The van der Waals surface area contributed by atoms with E-state index in [0.717, 1.165) is 19.3 Å². The number of benzene rings is 1. The predicted octanol–water partition coefficient (Wildman–Crippen LogP) is 3.10. The first-order chi connectivity index (χ1) is 7.34. The molecule has 15 heavy (non-hydrogen) atoms. The Morgan fingerprint density at radius 3 is 2.20 bits per heavy atom. The number of hydrogen-bond acceptors (Lipinski definition) is 1. The zero-order valence-corrected chi connectivity index (χ0v) is 9.28. The highest BCUT2D eigenvalue weighted by molar-refractivity contribution is 5.22. The van der Waals surface area contributed by atoms with Crippen LogP contribution >= 0.6 is 0 Å². The van der Waals surface area contributed by atoms with E-state index >= 15 is 0 Å². The van der Waals surface area contributed by atoms with E-state index in [9.17, 15) is 5.11 Å². The zero-order chi connectivity index (χ0) is 10.5. The van der Waals surface area contributed by atoms with Gasteiger partial charge >= 0.3 is 0 Å². The lowest BCUT2D eigenvalue weighted by atomic mass is 9.97. The van der Waals surface area contributed by atoms with Gasteiger partial charge in [0.2, 0.25) is 0 Å². The van der Waals surface area contributed by atoms with Crippen LogP contribution in [-0.4, -0.2) is 11.2 Å². The van der Waals surface area contributed by atoms with Crippen molar-refractivity contribution in [2.45, 2.75) is 51.0 Å². The smallest absolute Gasteiger partial charge is 0.0543 e. The van der Waals surface area contributed by atoms with E-state index in [2.05, 4.69) is 24.3 Å². The predicted molar refractivity (Wildman–Crippen MR) is 62.9 cm³/mol. The van der Waals surface area contributed by atoms with Gasteiger partial charge in [0.25, 0.3) is 0 Å². The highest BCUT2D eigenvalue weighted by Gasteiger charge is 2.06. The molecule has 0 radical (unpaired) electrons. The van der Waals surface area contributed by atoms with Crippen LogP contribution in [0.25, 0.3) is 0 Å². The first kappa shape index (κ1) is 10.7. The Balaban J connectivity index is 2.06. The summed E-state index contributed by atoms with van der Waals surface area (Å²) >= 11 is 0. The molecule has 2 aliphatic carbocycles. The summed E-state index contributed by atoms with van der Waals surface area (Å²) in [5.41, 5.74) is 2.82. The zero-order valence-electron chi connectivity index (χ0n) is 9.28. The van der Waals surface area contributed by atoms with Crippen LogP contribution in [0.1, 0.15) is 43.2 Å². The maximum atomic E-state index is 9.75. The minimum atomic E-state index is -0.0934. The van der Waals surface area contributed by atoms with Crippen LogP contribution < -0.4 is 0 Å². The normalized spacial score (nSPS) is 23.1. The number of rotatable bonds is 0. The Bertz CT molecular complexity index is 289. The fraction of sp³-hybridized carbons (Fsp3) is 0.571. The third-order valence-corrected chi connectivity index (χ3v) is 3.29. The molecule has 1 aromatic carbocycles. The summed E-state index contributed by atoms with van der Waals surface area (Å²) in [5.74, 6) is 0. The van der Waals surface area contributed by atoms with E-state index < -0.39 is 0 Å². The lowest BCUT2D eigenvalue weighted by molar-refractivity contribution is 0.151. The molecule has 0 unspecified atom stereocenters. The highest BCUT2D eigenvalue weighted by Crippen LogP contribution is 2.15. The number of hydrogen-bond donors (Lipinski definition) is 1. The average Bonchev–Trinajstić information content (AvgIpc) is 2.25. The molecule has 1 atom stereocenters. The first-order valence-electron chi connectivity index (χ1n) is 6.10. The number of aliphatic hydroxyl groups is 1. The molecule has 0 aromatic heterocycles. The molecule has 82 valence electrons. The summed E-state index contributed by atoms with van der Waals surface area (Å²) in [6, 6.07) is 8.90. The standard InChI is InChI=1S/C14H20O/c15-14-5-3-1-2-4-12-6-8-13(9-7-12)10-11-14/h6-9,14-15H,1-5,10-11H2/t14-/m0/s1. The molecule has 2 bridgehead atoms. The van der Waals surface area contributed by atoms with Gasteiger partial charge in [0.15, 0.2) is 0 Å². The van der Waals surface area contributed by atoms with Gasteiger partial charge in [-0.3, -0.25) is 0 Å². The topological polar surface area (TPSA) is 20.2 Å². The third-order valence-electron chi connectivity index (χ3n) is 3.29. The quantitative estimate of drug-likeness (QED) is 0.688. The fourth-order valence-electron chi connectivity index (χ4n) is 2.24. The number of aryl methyl sites for hydroxylation is 2. The second kappa shape index (κ2) is 5.32. The average molecular weight is 204 g/mol. The summed E-state index contributed by atoms with van der Waals surface area (Å²) < 4.78 is 0. The molecular formula is C14H20O. The maximum Gasteiger partial charge on any atom is 0.0543 e. The van der Waals surface area contributed by atoms with Gasteiger partial charge in [0.05, 0.1) is 6.10 Å². The molecular weight excluding hydrogens is 184 g/mol. The van der Waals surface area contributed by atoms with Crippen molar-refractivity contribution in [3.8, 4) is 0 Å². The Hall–Kier alpha value is -0.820. The van der Waals surface area contributed by atoms with E-state index in [1.165, 1.54) is 36.8 Å². The van der Waals surface area contributed by atoms with Crippen molar-refractivity contribution in [1.29, 1.82) is 0 Å². The molecule has 1 aromatic rings. The van der Waals surface area contributed by atoms with E-state index in [1.54, 1.807) is 0 Å². The molecule has 0 amide bonds. The van der Waals surface area contributed by atoms with Crippen LogP contribution in [0.5, 0.6) is 0 Å². The lowest BCUT2D eigenvalue weighted by Gasteiger charge is -2.12. The van der Waals surface area contributed by atoms with Crippen LogP contribution in [0.3, 0.4) is 0 Å². The minimum absolute atomic E-state index is 0.0934. The molecule has 1 nitrogen and oxygen atoms in total. The minimum Gasteiger partial charge on any atom is -0.393 e. The molecule has 0 fully saturated rings. The Kier molecular flexibility index (Phi) is 3.79. The maximum absolute atomic E-state index is 9.75. The number of fused-ring (bicyclic) bond motifs is 9. The van der Waals surface area contributed by atoms with Crippen molar-refractivity contribution in [2.75, 3.05) is 0 Å². The van der Waals surface area contributed by atoms with E-state index in [1.807, 2.05) is 0 Å². The summed E-state index contributed by atoms with van der Waals surface area (Å²) in [5, 5.41) is 9.75. The van der Waals surface area contributed by atoms with Gasteiger partial charge in [-0.25, -0.2) is 0 Å². The van der Waals surface area contributed by atoms with Gasteiger partial charge in [-0.05, 0) is 43.2 Å². The summed E-state index contributed by atoms with van der Waals surface area (Å²) in [6.07, 6.45) is 7.69. The van der Waals surface area contributed by atoms with Crippen molar-refractivity contribution in [2.24, 2.45) is 0 Å². The van der Waals surface area contributed by atoms with Gasteiger partial charge in [0, 0.05) is 0 Å². The molecule has 0 heterocycles. The van der Waals surface area contributed by atoms with E-state index in [-0.39, 0.29) is 6.10 Å². The summed E-state index contributed by atoms with van der Waals surface area (Å²) in [4.78, 5) is 0. The van der Waals surface area contributed by atoms with Gasteiger partial charge in [0.1, 0.15) is 0 Å². The van der Waals surface area contributed by atoms with Crippen LogP contribution in [0, 0.1) is 0 Å². The molecule has 0 saturated heterocycles. The van der Waals surface area contributed by atoms with Crippen LogP contribution in [0.15, 0.2) is 24.3 Å². The molecule has 1 N–H and O–H groups in total. The summed E-state index contributed by atoms with van der Waals surface area (Å²) in [7, 11) is 0. The molecule has 2 aliphatic rings. The van der Waals surface area contributed by atoms with Crippen LogP contribution in [0.2, 0.25) is 0 Å². The second-order valence-corrected chi connectivity index (χ2v) is 4.61.